The Hall–Kier alpha value is -0.730. The van der Waals surface area contributed by atoms with Gasteiger partial charge in [0.1, 0.15) is 18.5 Å². The molecule has 1 aliphatic heterocycles. The molecule has 0 aromatic rings. The highest BCUT2D eigenvalue weighted by Gasteiger charge is 2.10. The summed E-state index contributed by atoms with van der Waals surface area (Å²) < 4.78 is 1.71. The minimum absolute atomic E-state index is 0.282. The fraction of sp³-hybridized carbons (Fsp3) is 0.750. The molecule has 1 aliphatic rings. The third kappa shape index (κ3) is 0.824. The Morgan fingerprint density at radius 2 is 2.43 bits per heavy atom. The van der Waals surface area contributed by atoms with Crippen LogP contribution in [0.1, 0.15) is 6.92 Å². The van der Waals surface area contributed by atoms with Crippen molar-refractivity contribution in [2.24, 2.45) is 10.3 Å². The van der Waals surface area contributed by atoms with Gasteiger partial charge in [0.15, 0.2) is 0 Å². The van der Waals surface area contributed by atoms with Gasteiger partial charge in [-0.05, 0) is 6.92 Å². The Labute approximate surface area is 42.4 Å². The van der Waals surface area contributed by atoms with Gasteiger partial charge in [-0.15, -0.1) is 4.68 Å². The standard InChI is InChI=1S/C4H8N3/c1-4-3-7(2)6-5-4/h3-4H,1-2H3/q+1. The van der Waals surface area contributed by atoms with Crippen molar-refractivity contribution in [2.75, 3.05) is 7.05 Å². The molecular formula is C4H8N3+. The van der Waals surface area contributed by atoms with Crippen molar-refractivity contribution in [3.63, 3.8) is 0 Å². The van der Waals surface area contributed by atoms with E-state index in [-0.39, 0.29) is 6.04 Å². The zero-order valence-electron chi connectivity index (χ0n) is 4.50. The second kappa shape index (κ2) is 1.40. The Bertz CT molecular complexity index is 125. The maximum atomic E-state index is 3.81. The number of nitrogens with zero attached hydrogens (tertiary/aromatic N) is 3. The molecule has 0 aliphatic carbocycles. The molecule has 1 atom stereocenters. The van der Waals surface area contributed by atoms with Crippen molar-refractivity contribution >= 4 is 6.21 Å². The highest BCUT2D eigenvalue weighted by atomic mass is 15.5. The molecule has 7 heavy (non-hydrogen) atoms. The second-order valence-corrected chi connectivity index (χ2v) is 1.67. The third-order valence-electron chi connectivity index (χ3n) is 0.806. The Morgan fingerprint density at radius 3 is 2.57 bits per heavy atom. The number of hydrogen-bond acceptors (Lipinski definition) is 2. The first-order valence-electron chi connectivity index (χ1n) is 2.27. The van der Waals surface area contributed by atoms with Crippen molar-refractivity contribution in [3.05, 3.63) is 0 Å². The van der Waals surface area contributed by atoms with Crippen molar-refractivity contribution in [1.29, 1.82) is 0 Å². The first-order chi connectivity index (χ1) is 3.29. The van der Waals surface area contributed by atoms with E-state index in [1.165, 1.54) is 0 Å². The van der Waals surface area contributed by atoms with Crippen LogP contribution in [-0.4, -0.2) is 24.0 Å². The third-order valence-corrected chi connectivity index (χ3v) is 0.806. The molecule has 0 N–H and O–H groups in total. The predicted molar refractivity (Wildman–Crippen MR) is 26.6 cm³/mol. The molecule has 0 saturated carbocycles. The SMILES string of the molecule is CC1C=[N+](C)N=N1. The van der Waals surface area contributed by atoms with Crippen LogP contribution in [-0.2, 0) is 0 Å². The molecule has 1 unspecified atom stereocenters. The van der Waals surface area contributed by atoms with E-state index in [1.807, 2.05) is 20.2 Å². The molecule has 0 spiro atoms. The first kappa shape index (κ1) is 4.43. The van der Waals surface area contributed by atoms with E-state index in [0.717, 1.165) is 0 Å². The highest BCUT2D eigenvalue weighted by molar-refractivity contribution is 5.58. The van der Waals surface area contributed by atoms with Crippen molar-refractivity contribution < 1.29 is 4.68 Å². The van der Waals surface area contributed by atoms with Crippen LogP contribution in [0.25, 0.3) is 0 Å². The topological polar surface area (TPSA) is 27.7 Å². The van der Waals surface area contributed by atoms with E-state index in [9.17, 15) is 0 Å². The molecule has 0 aromatic carbocycles. The van der Waals surface area contributed by atoms with Crippen LogP contribution < -0.4 is 0 Å². The lowest BCUT2D eigenvalue weighted by molar-refractivity contribution is -0.501. The lowest BCUT2D eigenvalue weighted by Gasteiger charge is -1.71. The van der Waals surface area contributed by atoms with E-state index in [4.69, 9.17) is 0 Å². The van der Waals surface area contributed by atoms with Crippen LogP contribution in [0.15, 0.2) is 10.3 Å². The van der Waals surface area contributed by atoms with Crippen LogP contribution in [0.3, 0.4) is 0 Å². The molecule has 0 fully saturated rings. The van der Waals surface area contributed by atoms with Gasteiger partial charge >= 0.3 is 0 Å². The number of hydrogen-bond donors (Lipinski definition) is 0. The van der Waals surface area contributed by atoms with Gasteiger partial charge in [-0.3, -0.25) is 0 Å². The molecule has 1 rings (SSSR count). The minimum atomic E-state index is 0.282. The average molecular weight is 98.1 g/mol. The summed E-state index contributed by atoms with van der Waals surface area (Å²) in [5.74, 6) is 0. The minimum Gasteiger partial charge on any atom is -0.141 e. The van der Waals surface area contributed by atoms with Gasteiger partial charge in [-0.2, -0.15) is 0 Å². The normalized spacial score (nSPS) is 28.3. The summed E-state index contributed by atoms with van der Waals surface area (Å²) in [4.78, 5) is 0. The van der Waals surface area contributed by atoms with Gasteiger partial charge in [0.2, 0.25) is 6.04 Å². The van der Waals surface area contributed by atoms with Crippen LogP contribution in [0.4, 0.5) is 0 Å². The van der Waals surface area contributed by atoms with E-state index >= 15 is 0 Å². The quantitative estimate of drug-likeness (QED) is 0.394. The van der Waals surface area contributed by atoms with Gasteiger partial charge < -0.3 is 0 Å². The smallest absolute Gasteiger partial charge is 0.141 e. The van der Waals surface area contributed by atoms with E-state index in [2.05, 4.69) is 10.3 Å². The molecule has 1 heterocycles. The van der Waals surface area contributed by atoms with Crippen molar-refractivity contribution in [3.8, 4) is 0 Å². The summed E-state index contributed by atoms with van der Waals surface area (Å²) >= 11 is 0. The van der Waals surface area contributed by atoms with Crippen molar-refractivity contribution in [1.82, 2.24) is 0 Å². The van der Waals surface area contributed by atoms with Crippen LogP contribution >= 0.6 is 0 Å². The molecule has 0 amide bonds. The maximum absolute atomic E-state index is 3.81. The highest BCUT2D eigenvalue weighted by Crippen LogP contribution is 1.92. The summed E-state index contributed by atoms with van der Waals surface area (Å²) in [5, 5.41) is 7.53. The molecule has 0 radical (unpaired) electrons. The second-order valence-electron chi connectivity index (χ2n) is 1.67. The summed E-state index contributed by atoms with van der Waals surface area (Å²) in [6, 6.07) is 0.282. The Balaban J connectivity index is 2.69. The Morgan fingerprint density at radius 1 is 1.71 bits per heavy atom. The van der Waals surface area contributed by atoms with Gasteiger partial charge in [-0.25, -0.2) is 0 Å². The summed E-state index contributed by atoms with van der Waals surface area (Å²) in [6.45, 7) is 1.99. The monoisotopic (exact) mass is 98.1 g/mol. The van der Waals surface area contributed by atoms with Crippen LogP contribution in [0.5, 0.6) is 0 Å². The van der Waals surface area contributed by atoms with E-state index in [1.54, 1.807) is 4.68 Å². The maximum Gasteiger partial charge on any atom is 0.219 e. The molecule has 38 valence electrons. The lowest BCUT2D eigenvalue weighted by atomic mass is 10.4. The van der Waals surface area contributed by atoms with Gasteiger partial charge in [0.25, 0.3) is 0 Å². The zero-order chi connectivity index (χ0) is 5.28. The fourth-order valence-electron chi connectivity index (χ4n) is 0.535. The zero-order valence-corrected chi connectivity index (χ0v) is 4.50. The van der Waals surface area contributed by atoms with E-state index < -0.39 is 0 Å². The fourth-order valence-corrected chi connectivity index (χ4v) is 0.535. The summed E-state index contributed by atoms with van der Waals surface area (Å²) in [5.41, 5.74) is 0. The summed E-state index contributed by atoms with van der Waals surface area (Å²) in [7, 11) is 1.87. The molecule has 0 bridgehead atoms. The van der Waals surface area contributed by atoms with Gasteiger partial charge in [-0.1, -0.05) is 0 Å². The molecule has 3 nitrogen and oxygen atoms in total. The van der Waals surface area contributed by atoms with Crippen molar-refractivity contribution in [2.45, 2.75) is 13.0 Å². The molecule has 0 saturated heterocycles. The average Bonchev–Trinajstić information content (AvgIpc) is 1.87. The molecular weight excluding hydrogens is 90.1 g/mol. The predicted octanol–water partition coefficient (Wildman–Crippen LogP) is 0.469. The van der Waals surface area contributed by atoms with E-state index in [0.29, 0.717) is 0 Å². The number of rotatable bonds is 0. The Kier molecular flexibility index (Phi) is 0.889. The molecule has 3 heteroatoms. The van der Waals surface area contributed by atoms with Gasteiger partial charge in [0.05, 0.1) is 0 Å². The van der Waals surface area contributed by atoms with Crippen LogP contribution in [0, 0.1) is 0 Å². The largest absolute Gasteiger partial charge is 0.219 e. The first-order valence-corrected chi connectivity index (χ1v) is 2.27. The lowest BCUT2D eigenvalue weighted by Crippen LogP contribution is -1.99. The van der Waals surface area contributed by atoms with Gasteiger partial charge in [0, 0.05) is 5.11 Å². The summed E-state index contributed by atoms with van der Waals surface area (Å²) in [6.07, 6.45) is 1.94. The molecule has 0 aromatic heterocycles. The van der Waals surface area contributed by atoms with Crippen LogP contribution in [0.2, 0.25) is 0 Å².